The molecule has 10 nitrogen and oxygen atoms in total. The fourth-order valence-corrected chi connectivity index (χ4v) is 3.96. The Hall–Kier alpha value is -3.38. The minimum Gasteiger partial charge on any atom is -0.411 e. The number of benzene rings is 2. The first kappa shape index (κ1) is 25.2. The summed E-state index contributed by atoms with van der Waals surface area (Å²) in [7, 11) is -3.35. The van der Waals surface area contributed by atoms with Crippen LogP contribution in [0.5, 0.6) is 0 Å². The maximum atomic E-state index is 12.3. The SMILES string of the molecule is CCC(=O)Nc1ccc(NC(=O)CSc2nnc(-c3ccc(NS(=O)(=O)CC)cc3)o2)cc1C. The van der Waals surface area contributed by atoms with Crippen LogP contribution in [-0.2, 0) is 19.6 Å². The van der Waals surface area contributed by atoms with Gasteiger partial charge in [0.15, 0.2) is 0 Å². The molecule has 0 saturated heterocycles. The second-order valence-electron chi connectivity index (χ2n) is 7.22. The number of carbonyl (C=O) groups excluding carboxylic acids is 2. The highest BCUT2D eigenvalue weighted by Crippen LogP contribution is 2.25. The van der Waals surface area contributed by atoms with Crippen LogP contribution in [0.25, 0.3) is 11.5 Å². The summed E-state index contributed by atoms with van der Waals surface area (Å²) in [6.07, 6.45) is 0.387. The molecule has 2 amide bonds. The van der Waals surface area contributed by atoms with Crippen LogP contribution < -0.4 is 15.4 Å². The van der Waals surface area contributed by atoms with Crippen molar-refractivity contribution in [2.75, 3.05) is 26.9 Å². The highest BCUT2D eigenvalue weighted by molar-refractivity contribution is 7.99. The van der Waals surface area contributed by atoms with E-state index in [9.17, 15) is 18.0 Å². The number of carbonyl (C=O) groups is 2. The van der Waals surface area contributed by atoms with Gasteiger partial charge < -0.3 is 15.1 Å². The molecule has 3 rings (SSSR count). The van der Waals surface area contributed by atoms with E-state index in [4.69, 9.17) is 4.42 Å². The van der Waals surface area contributed by atoms with Crippen molar-refractivity contribution in [2.24, 2.45) is 0 Å². The molecule has 0 fully saturated rings. The third-order valence-corrected chi connectivity index (χ3v) is 6.75. The van der Waals surface area contributed by atoms with Gasteiger partial charge in [0.05, 0.1) is 11.5 Å². The smallest absolute Gasteiger partial charge is 0.277 e. The fraction of sp³-hybridized carbons (Fsp3) is 0.273. The number of aromatic nitrogens is 2. The van der Waals surface area contributed by atoms with Crippen LogP contribution >= 0.6 is 11.8 Å². The first-order valence-electron chi connectivity index (χ1n) is 10.5. The lowest BCUT2D eigenvalue weighted by Crippen LogP contribution is -2.15. The van der Waals surface area contributed by atoms with E-state index in [1.54, 1.807) is 56.3 Å². The van der Waals surface area contributed by atoms with E-state index in [1.807, 2.05) is 6.92 Å². The van der Waals surface area contributed by atoms with Crippen molar-refractivity contribution in [3.8, 4) is 11.5 Å². The zero-order chi connectivity index (χ0) is 24.7. The van der Waals surface area contributed by atoms with Crippen LogP contribution in [0.1, 0.15) is 25.8 Å². The Morgan fingerprint density at radius 1 is 0.971 bits per heavy atom. The Bertz CT molecular complexity index is 1270. The minimum absolute atomic E-state index is 0.0192. The maximum Gasteiger partial charge on any atom is 0.277 e. The van der Waals surface area contributed by atoms with E-state index < -0.39 is 10.0 Å². The molecule has 0 aliphatic carbocycles. The number of hydrogen-bond donors (Lipinski definition) is 3. The van der Waals surface area contributed by atoms with Crippen LogP contribution in [-0.4, -0.2) is 41.9 Å². The molecule has 180 valence electrons. The molecule has 12 heteroatoms. The number of hydrogen-bond acceptors (Lipinski definition) is 8. The first-order valence-corrected chi connectivity index (χ1v) is 13.1. The largest absolute Gasteiger partial charge is 0.411 e. The Balaban J connectivity index is 1.54. The van der Waals surface area contributed by atoms with Crippen molar-refractivity contribution in [1.29, 1.82) is 0 Å². The number of thioether (sulfide) groups is 1. The molecule has 34 heavy (non-hydrogen) atoms. The molecular formula is C22H25N5O5S2. The standard InChI is InChI=1S/C22H25N5O5S2/c1-4-19(28)24-18-11-10-17(12-14(18)3)23-20(29)13-33-22-26-25-21(32-22)15-6-8-16(9-7-15)27-34(30,31)5-2/h6-12,27H,4-5,13H2,1-3H3,(H,23,29)(H,24,28). The van der Waals surface area contributed by atoms with E-state index in [0.29, 0.717) is 29.0 Å². The molecule has 2 aromatic carbocycles. The van der Waals surface area contributed by atoms with Crippen molar-refractivity contribution in [3.05, 3.63) is 48.0 Å². The molecule has 0 unspecified atom stereocenters. The maximum absolute atomic E-state index is 12.3. The molecule has 0 aliphatic rings. The number of sulfonamides is 1. The lowest BCUT2D eigenvalue weighted by molar-refractivity contribution is -0.116. The van der Waals surface area contributed by atoms with Gasteiger partial charge in [0.25, 0.3) is 5.22 Å². The lowest BCUT2D eigenvalue weighted by atomic mass is 10.1. The Morgan fingerprint density at radius 2 is 1.68 bits per heavy atom. The molecule has 3 N–H and O–H groups in total. The van der Waals surface area contributed by atoms with E-state index in [2.05, 4.69) is 25.6 Å². The van der Waals surface area contributed by atoms with Crippen LogP contribution in [0, 0.1) is 6.92 Å². The molecule has 1 heterocycles. The summed E-state index contributed by atoms with van der Waals surface area (Å²) in [6, 6.07) is 11.8. The molecule has 0 saturated carbocycles. The van der Waals surface area contributed by atoms with Crippen molar-refractivity contribution < 1.29 is 22.4 Å². The van der Waals surface area contributed by atoms with Gasteiger partial charge in [0.1, 0.15) is 0 Å². The summed E-state index contributed by atoms with van der Waals surface area (Å²) >= 11 is 1.10. The van der Waals surface area contributed by atoms with Crippen molar-refractivity contribution in [2.45, 2.75) is 32.4 Å². The second-order valence-corrected chi connectivity index (χ2v) is 10.2. The molecule has 3 aromatic rings. The van der Waals surface area contributed by atoms with Gasteiger partial charge in [0, 0.05) is 29.0 Å². The summed E-state index contributed by atoms with van der Waals surface area (Å²) in [5, 5.41) is 13.8. The highest BCUT2D eigenvalue weighted by Gasteiger charge is 2.13. The van der Waals surface area contributed by atoms with Crippen LogP contribution in [0.15, 0.2) is 52.1 Å². The third-order valence-electron chi connectivity index (χ3n) is 4.62. The number of nitrogens with zero attached hydrogens (tertiary/aromatic N) is 2. The molecular weight excluding hydrogens is 478 g/mol. The number of nitrogens with one attached hydrogen (secondary N) is 3. The van der Waals surface area contributed by atoms with Gasteiger partial charge in [-0.25, -0.2) is 8.42 Å². The summed E-state index contributed by atoms with van der Waals surface area (Å²) in [5.74, 6) is -0.0241. The van der Waals surface area contributed by atoms with Gasteiger partial charge in [-0.3, -0.25) is 14.3 Å². The first-order chi connectivity index (χ1) is 16.2. The van der Waals surface area contributed by atoms with Crippen LogP contribution in [0.2, 0.25) is 0 Å². The van der Waals surface area contributed by atoms with Gasteiger partial charge in [-0.1, -0.05) is 18.7 Å². The van der Waals surface area contributed by atoms with Crippen molar-refractivity contribution >= 4 is 50.7 Å². The quantitative estimate of drug-likeness (QED) is 0.354. The van der Waals surface area contributed by atoms with Crippen molar-refractivity contribution in [1.82, 2.24) is 10.2 Å². The van der Waals surface area contributed by atoms with Gasteiger partial charge in [0.2, 0.25) is 27.7 Å². The Labute approximate surface area is 202 Å². The predicted molar refractivity (Wildman–Crippen MR) is 132 cm³/mol. The highest BCUT2D eigenvalue weighted by atomic mass is 32.2. The monoisotopic (exact) mass is 503 g/mol. The average Bonchev–Trinajstić information content (AvgIpc) is 3.29. The third kappa shape index (κ3) is 7.06. The van der Waals surface area contributed by atoms with Gasteiger partial charge in [-0.15, -0.1) is 10.2 Å². The van der Waals surface area contributed by atoms with Gasteiger partial charge in [-0.05, 0) is 61.9 Å². The average molecular weight is 504 g/mol. The normalized spacial score (nSPS) is 11.1. The topological polar surface area (TPSA) is 143 Å². The molecule has 1 aromatic heterocycles. The summed E-state index contributed by atoms with van der Waals surface area (Å²) < 4.78 is 31.4. The minimum atomic E-state index is -3.35. The summed E-state index contributed by atoms with van der Waals surface area (Å²) in [5.41, 5.74) is 3.21. The second kappa shape index (κ2) is 11.2. The lowest BCUT2D eigenvalue weighted by Gasteiger charge is -2.10. The predicted octanol–water partition coefficient (Wildman–Crippen LogP) is 3.89. The van der Waals surface area contributed by atoms with Gasteiger partial charge in [-0.2, -0.15) is 0 Å². The molecule has 0 spiro atoms. The van der Waals surface area contributed by atoms with Crippen LogP contribution in [0.3, 0.4) is 0 Å². The Morgan fingerprint density at radius 3 is 2.32 bits per heavy atom. The number of amides is 2. The molecule has 0 atom stereocenters. The number of anilines is 3. The van der Waals surface area contributed by atoms with Gasteiger partial charge >= 0.3 is 0 Å². The van der Waals surface area contributed by atoms with Crippen molar-refractivity contribution in [3.63, 3.8) is 0 Å². The van der Waals surface area contributed by atoms with E-state index in [1.165, 1.54) is 0 Å². The van der Waals surface area contributed by atoms with Crippen LogP contribution in [0.4, 0.5) is 17.1 Å². The fourth-order valence-electron chi connectivity index (χ4n) is 2.76. The van der Waals surface area contributed by atoms with E-state index >= 15 is 0 Å². The summed E-state index contributed by atoms with van der Waals surface area (Å²) in [4.78, 5) is 23.9. The number of rotatable bonds is 10. The molecule has 0 aliphatic heterocycles. The zero-order valence-corrected chi connectivity index (χ0v) is 20.5. The molecule has 0 radical (unpaired) electrons. The summed E-state index contributed by atoms with van der Waals surface area (Å²) in [6.45, 7) is 5.18. The Kier molecular flexibility index (Phi) is 8.29. The van der Waals surface area contributed by atoms with E-state index in [0.717, 1.165) is 17.3 Å². The molecule has 0 bridgehead atoms. The number of aryl methyl sites for hydroxylation is 1. The van der Waals surface area contributed by atoms with E-state index in [-0.39, 0.29) is 34.4 Å². The zero-order valence-electron chi connectivity index (χ0n) is 18.9.